The molecule has 2 rings (SSSR count). The molecule has 0 radical (unpaired) electrons. The zero-order valence-electron chi connectivity index (χ0n) is 24.4. The summed E-state index contributed by atoms with van der Waals surface area (Å²) in [6.07, 6.45) is 12.6. The van der Waals surface area contributed by atoms with Crippen LogP contribution in [0.2, 0.25) is 0 Å². The average molecular weight is 493 g/mol. The summed E-state index contributed by atoms with van der Waals surface area (Å²) in [5.41, 5.74) is 9.08. The third-order valence-corrected chi connectivity index (χ3v) is 6.88. The maximum atomic E-state index is 13.6. The van der Waals surface area contributed by atoms with Gasteiger partial charge in [-0.3, -0.25) is 4.79 Å². The van der Waals surface area contributed by atoms with Crippen LogP contribution in [0.15, 0.2) is 57.7 Å². The molecule has 2 N–H and O–H groups in total. The van der Waals surface area contributed by atoms with Gasteiger partial charge in [0.15, 0.2) is 5.78 Å². The number of fused-ring (bicyclic) bond motifs is 1. The van der Waals surface area contributed by atoms with Crippen LogP contribution in [0.3, 0.4) is 0 Å². The van der Waals surface area contributed by atoms with Gasteiger partial charge in [0.25, 0.3) is 0 Å². The van der Waals surface area contributed by atoms with Crippen molar-refractivity contribution in [2.24, 2.45) is 0 Å². The van der Waals surface area contributed by atoms with Gasteiger partial charge in [0.1, 0.15) is 11.5 Å². The molecule has 0 bridgehead atoms. The predicted octanol–water partition coefficient (Wildman–Crippen LogP) is 9.42. The van der Waals surface area contributed by atoms with Crippen LogP contribution >= 0.6 is 0 Å². The van der Waals surface area contributed by atoms with E-state index in [1.807, 2.05) is 39.8 Å². The topological polar surface area (TPSA) is 57.5 Å². The molecule has 3 nitrogen and oxygen atoms in total. The number of Topliss-reactive ketones (excluding diaryl/α,β-unsaturated/α-hetero) is 1. The number of aromatic hydroxyl groups is 2. The van der Waals surface area contributed by atoms with E-state index in [-0.39, 0.29) is 17.3 Å². The zero-order valence-corrected chi connectivity index (χ0v) is 24.4. The van der Waals surface area contributed by atoms with Gasteiger partial charge in [-0.05, 0) is 104 Å². The first-order valence-corrected chi connectivity index (χ1v) is 13.4. The van der Waals surface area contributed by atoms with Crippen LogP contribution in [-0.2, 0) is 12.8 Å². The second kappa shape index (κ2) is 14.7. The third-order valence-electron chi connectivity index (χ3n) is 6.88. The Bertz CT molecular complexity index is 1100. The maximum Gasteiger partial charge on any atom is 0.197 e. The van der Waals surface area contributed by atoms with E-state index < -0.39 is 0 Å². The highest BCUT2D eigenvalue weighted by Crippen LogP contribution is 2.45. The lowest BCUT2D eigenvalue weighted by molar-refractivity contribution is 0.102. The highest BCUT2D eigenvalue weighted by molar-refractivity contribution is 6.16. The van der Waals surface area contributed by atoms with Crippen LogP contribution in [0.5, 0.6) is 11.5 Å². The molecular formula is C33H48O3. The van der Waals surface area contributed by atoms with Gasteiger partial charge in [-0.15, -0.1) is 0 Å². The molecule has 1 aliphatic carbocycles. The Balaban J connectivity index is 0.00000118. The molecule has 1 aromatic carbocycles. The molecule has 36 heavy (non-hydrogen) atoms. The van der Waals surface area contributed by atoms with Gasteiger partial charge in [-0.2, -0.15) is 0 Å². The van der Waals surface area contributed by atoms with Gasteiger partial charge >= 0.3 is 0 Å². The summed E-state index contributed by atoms with van der Waals surface area (Å²) < 4.78 is 0. The zero-order chi connectivity index (χ0) is 27.6. The van der Waals surface area contributed by atoms with Gasteiger partial charge in [0, 0.05) is 11.1 Å². The van der Waals surface area contributed by atoms with Crippen molar-refractivity contribution in [2.75, 3.05) is 0 Å². The minimum absolute atomic E-state index is 0.0633. The second-order valence-electron chi connectivity index (χ2n) is 10.1. The number of phenols is 2. The molecule has 0 atom stereocenters. The first-order valence-electron chi connectivity index (χ1n) is 13.4. The Morgan fingerprint density at radius 2 is 1.53 bits per heavy atom. The van der Waals surface area contributed by atoms with Crippen LogP contribution in [0.4, 0.5) is 0 Å². The Kier molecular flexibility index (Phi) is 12.7. The summed E-state index contributed by atoms with van der Waals surface area (Å²) in [6, 6.07) is 0. The number of benzene rings is 1. The first kappa shape index (κ1) is 31.2. The summed E-state index contributed by atoms with van der Waals surface area (Å²) in [7, 11) is 0. The number of carbonyl (C=O) groups excluding carboxylic acids is 1. The second-order valence-corrected chi connectivity index (χ2v) is 10.1. The molecular weight excluding hydrogens is 444 g/mol. The van der Waals surface area contributed by atoms with E-state index in [1.54, 1.807) is 0 Å². The molecule has 3 heteroatoms. The molecule has 0 spiro atoms. The summed E-state index contributed by atoms with van der Waals surface area (Å²) in [6.45, 7) is 20.5. The smallest absolute Gasteiger partial charge is 0.197 e. The highest BCUT2D eigenvalue weighted by Gasteiger charge is 2.33. The fourth-order valence-corrected chi connectivity index (χ4v) is 4.13. The van der Waals surface area contributed by atoms with Gasteiger partial charge in [-0.25, -0.2) is 0 Å². The molecule has 1 aromatic rings. The van der Waals surface area contributed by atoms with E-state index in [4.69, 9.17) is 0 Å². The standard InChI is InChI=1S/C28H38O3.C5H10/c1-8-11-21-24(20(10-3)14-12-17(4)5)16-23-19(7)26(29)22(15-13-18(6)9-2)28(31)25(23)27(21)30;1-4-5(2)3/h11-13,29,31H,8-10,14-16H2,1-7H3;4H,1-3H3/b18-13-,21-11+,24-20+;. The number of carbonyl (C=O) groups is 1. The van der Waals surface area contributed by atoms with Crippen molar-refractivity contribution in [3.05, 3.63) is 80.0 Å². The normalized spacial score (nSPS) is 15.7. The molecule has 0 unspecified atom stereocenters. The number of hydrogen-bond acceptors (Lipinski definition) is 3. The van der Waals surface area contributed by atoms with Crippen LogP contribution in [-0.4, -0.2) is 16.0 Å². The molecule has 0 fully saturated rings. The van der Waals surface area contributed by atoms with Crippen LogP contribution in [0, 0.1) is 6.92 Å². The van der Waals surface area contributed by atoms with Crippen molar-refractivity contribution < 1.29 is 15.0 Å². The van der Waals surface area contributed by atoms with Gasteiger partial charge in [-0.1, -0.05) is 67.4 Å². The van der Waals surface area contributed by atoms with Crippen molar-refractivity contribution in [3.63, 3.8) is 0 Å². The molecule has 1 aliphatic rings. The van der Waals surface area contributed by atoms with Crippen molar-refractivity contribution in [1.29, 1.82) is 0 Å². The average Bonchev–Trinajstić information content (AvgIpc) is 2.84. The van der Waals surface area contributed by atoms with Crippen LogP contribution in [0.1, 0.15) is 115 Å². The fraction of sp³-hybridized carbons (Fsp3) is 0.485. The van der Waals surface area contributed by atoms with E-state index in [9.17, 15) is 15.0 Å². The molecule has 0 amide bonds. The molecule has 0 aliphatic heterocycles. The Morgan fingerprint density at radius 1 is 0.917 bits per heavy atom. The molecule has 0 heterocycles. The summed E-state index contributed by atoms with van der Waals surface area (Å²) in [5.74, 6) is -0.0835. The van der Waals surface area contributed by atoms with Crippen LogP contribution in [0.25, 0.3) is 0 Å². The summed E-state index contributed by atoms with van der Waals surface area (Å²) >= 11 is 0. The van der Waals surface area contributed by atoms with E-state index >= 15 is 0 Å². The Morgan fingerprint density at radius 3 is 2.00 bits per heavy atom. The van der Waals surface area contributed by atoms with Crippen molar-refractivity contribution >= 4 is 5.78 Å². The molecule has 0 aromatic heterocycles. The number of rotatable bonds is 7. The number of ketones is 1. The molecule has 0 saturated heterocycles. The predicted molar refractivity (Wildman–Crippen MR) is 155 cm³/mol. The fourth-order valence-electron chi connectivity index (χ4n) is 4.13. The van der Waals surface area contributed by atoms with Gasteiger partial charge in [0.2, 0.25) is 0 Å². The van der Waals surface area contributed by atoms with Gasteiger partial charge < -0.3 is 10.2 Å². The van der Waals surface area contributed by atoms with E-state index in [0.717, 1.165) is 36.8 Å². The number of hydrogen-bond donors (Lipinski definition) is 2. The summed E-state index contributed by atoms with van der Waals surface area (Å²) in [4.78, 5) is 13.6. The molecule has 0 saturated carbocycles. The highest BCUT2D eigenvalue weighted by atomic mass is 16.3. The summed E-state index contributed by atoms with van der Waals surface area (Å²) in [5, 5.41) is 22.0. The number of phenolic OH excluding ortho intramolecular Hbond substituents is 2. The van der Waals surface area contributed by atoms with E-state index in [0.29, 0.717) is 35.1 Å². The van der Waals surface area contributed by atoms with Crippen molar-refractivity contribution in [1.82, 2.24) is 0 Å². The lowest BCUT2D eigenvalue weighted by atomic mass is 9.76. The monoisotopic (exact) mass is 492 g/mol. The van der Waals surface area contributed by atoms with Crippen LogP contribution < -0.4 is 0 Å². The third kappa shape index (κ3) is 7.85. The van der Waals surface area contributed by atoms with E-state index in [2.05, 4.69) is 53.7 Å². The van der Waals surface area contributed by atoms with Crippen molar-refractivity contribution in [3.8, 4) is 11.5 Å². The quantitative estimate of drug-likeness (QED) is 0.294. The lowest BCUT2D eigenvalue weighted by Gasteiger charge is -2.27. The minimum Gasteiger partial charge on any atom is -0.507 e. The first-order chi connectivity index (χ1) is 16.9. The SMILES string of the molecule is CC/C=C1/C(=O)c2c(O)c(C/C=C(/C)CC)c(O)c(C)c2C/C1=C(/CC)CC=C(C)C.CC=C(C)C. The van der Waals surface area contributed by atoms with Crippen molar-refractivity contribution in [2.45, 2.75) is 108 Å². The Hall–Kier alpha value is -2.81. The van der Waals surface area contributed by atoms with Gasteiger partial charge in [0.05, 0.1) is 5.56 Å². The largest absolute Gasteiger partial charge is 0.507 e. The molecule has 198 valence electrons. The number of allylic oxidation sites excluding steroid dienone is 10. The maximum absolute atomic E-state index is 13.6. The Labute approximate surface area is 220 Å². The van der Waals surface area contributed by atoms with E-state index in [1.165, 1.54) is 22.3 Å². The lowest BCUT2D eigenvalue weighted by Crippen LogP contribution is -2.20. The minimum atomic E-state index is -0.126.